The maximum absolute atomic E-state index is 5.06. The summed E-state index contributed by atoms with van der Waals surface area (Å²) in [6.45, 7) is 0. The molecule has 0 spiro atoms. The van der Waals surface area contributed by atoms with Crippen molar-refractivity contribution in [3.63, 3.8) is 0 Å². The van der Waals surface area contributed by atoms with Crippen LogP contribution < -0.4 is 0 Å². The molecule has 0 amide bonds. The fourth-order valence-electron chi connectivity index (χ4n) is 1.47. The smallest absolute Gasteiger partial charge is 0.201 e. The van der Waals surface area contributed by atoms with E-state index in [4.69, 9.17) is 12.2 Å². The Morgan fingerprint density at radius 1 is 1.12 bits per heavy atom. The molecule has 0 saturated carbocycles. The van der Waals surface area contributed by atoms with Crippen LogP contribution in [0.5, 0.6) is 0 Å². The quantitative estimate of drug-likeness (QED) is 0.647. The predicted octanol–water partition coefficient (Wildman–Crippen LogP) is 1.85. The van der Waals surface area contributed by atoms with Gasteiger partial charge in [0.2, 0.25) is 5.82 Å². The highest BCUT2D eigenvalue weighted by atomic mass is 32.1. The molecule has 0 aliphatic rings. The minimum atomic E-state index is 0.629. The maximum atomic E-state index is 5.06. The molecule has 3 aromatic heterocycles. The Morgan fingerprint density at radius 2 is 2.06 bits per heavy atom. The van der Waals surface area contributed by atoms with Crippen molar-refractivity contribution in [2.45, 2.75) is 0 Å². The van der Waals surface area contributed by atoms with Crippen LogP contribution in [0.3, 0.4) is 0 Å². The fraction of sp³-hybridized carbons (Fsp3) is 0. The highest BCUT2D eigenvalue weighted by molar-refractivity contribution is 7.71. The Morgan fingerprint density at radius 3 is 2.88 bits per heavy atom. The molecule has 16 heavy (non-hydrogen) atoms. The minimum absolute atomic E-state index is 0.629. The van der Waals surface area contributed by atoms with Gasteiger partial charge in [0.25, 0.3) is 0 Å². The lowest BCUT2D eigenvalue weighted by molar-refractivity contribution is 0.919. The van der Waals surface area contributed by atoms with Gasteiger partial charge in [0, 0.05) is 6.20 Å². The summed E-state index contributed by atoms with van der Waals surface area (Å²) < 4.78 is 2.36. The van der Waals surface area contributed by atoms with Crippen molar-refractivity contribution in [3.8, 4) is 11.5 Å². The zero-order valence-corrected chi connectivity index (χ0v) is 8.98. The molecule has 0 bridgehead atoms. The summed E-state index contributed by atoms with van der Waals surface area (Å²) in [5, 5.41) is 11.1. The number of H-pyrrole nitrogens is 1. The van der Waals surface area contributed by atoms with E-state index < -0.39 is 0 Å². The number of fused-ring (bicyclic) bond motifs is 1. The van der Waals surface area contributed by atoms with Crippen molar-refractivity contribution in [2.75, 3.05) is 0 Å². The first-order valence-corrected chi connectivity index (χ1v) is 5.11. The molecular weight excluding hydrogens is 222 g/mol. The third kappa shape index (κ3) is 1.40. The molecular formula is C10H7N5S. The predicted molar refractivity (Wildman–Crippen MR) is 61.4 cm³/mol. The summed E-state index contributed by atoms with van der Waals surface area (Å²) in [6, 6.07) is 9.23. The molecule has 0 fully saturated rings. The molecule has 0 aliphatic carbocycles. The van der Waals surface area contributed by atoms with Crippen LogP contribution in [0.1, 0.15) is 0 Å². The molecule has 78 valence electrons. The number of rotatable bonds is 1. The van der Waals surface area contributed by atoms with E-state index in [1.807, 2.05) is 24.3 Å². The van der Waals surface area contributed by atoms with Gasteiger partial charge in [0.15, 0.2) is 5.65 Å². The first kappa shape index (κ1) is 9.17. The lowest BCUT2D eigenvalue weighted by Gasteiger charge is -1.98. The number of aromatic amines is 1. The van der Waals surface area contributed by atoms with E-state index in [1.54, 1.807) is 16.8 Å². The van der Waals surface area contributed by atoms with E-state index in [9.17, 15) is 0 Å². The van der Waals surface area contributed by atoms with Crippen LogP contribution in [0.15, 0.2) is 36.5 Å². The molecule has 0 atom stereocenters. The van der Waals surface area contributed by atoms with Gasteiger partial charge >= 0.3 is 0 Å². The van der Waals surface area contributed by atoms with Crippen molar-refractivity contribution in [1.82, 2.24) is 24.8 Å². The van der Waals surface area contributed by atoms with Gasteiger partial charge in [-0.05, 0) is 24.3 Å². The van der Waals surface area contributed by atoms with Crippen LogP contribution in [0.25, 0.3) is 17.2 Å². The zero-order chi connectivity index (χ0) is 11.0. The summed E-state index contributed by atoms with van der Waals surface area (Å²) >= 11 is 5.06. The number of hydrogen-bond donors (Lipinski definition) is 1. The van der Waals surface area contributed by atoms with E-state index in [1.165, 1.54) is 0 Å². The molecule has 1 N–H and O–H groups in total. The van der Waals surface area contributed by atoms with Crippen molar-refractivity contribution >= 4 is 17.9 Å². The lowest BCUT2D eigenvalue weighted by atomic mass is 10.3. The van der Waals surface area contributed by atoms with Gasteiger partial charge in [-0.1, -0.05) is 18.3 Å². The first-order chi connectivity index (χ1) is 7.84. The van der Waals surface area contributed by atoms with E-state index in [2.05, 4.69) is 20.3 Å². The van der Waals surface area contributed by atoms with Crippen LogP contribution >= 0.6 is 12.2 Å². The fourth-order valence-corrected chi connectivity index (χ4v) is 1.63. The number of nitrogens with zero attached hydrogens (tertiary/aromatic N) is 4. The third-order valence-corrected chi connectivity index (χ3v) is 2.42. The van der Waals surface area contributed by atoms with Crippen LogP contribution in [0.2, 0.25) is 0 Å². The number of hydrogen-bond acceptors (Lipinski definition) is 4. The van der Waals surface area contributed by atoms with E-state index in [0.717, 1.165) is 5.69 Å². The summed E-state index contributed by atoms with van der Waals surface area (Å²) in [6.07, 6.45) is 1.72. The van der Waals surface area contributed by atoms with E-state index >= 15 is 0 Å². The highest BCUT2D eigenvalue weighted by Crippen LogP contribution is 2.13. The average Bonchev–Trinajstić information content (AvgIpc) is 2.73. The Bertz CT molecular complexity index is 685. The first-order valence-electron chi connectivity index (χ1n) is 4.70. The molecule has 3 rings (SSSR count). The number of pyridine rings is 1. The summed E-state index contributed by atoms with van der Waals surface area (Å²) in [7, 11) is 0. The van der Waals surface area contributed by atoms with Gasteiger partial charge < -0.3 is 0 Å². The third-order valence-electron chi connectivity index (χ3n) is 2.19. The molecule has 0 aliphatic heterocycles. The Kier molecular flexibility index (Phi) is 2.00. The number of aromatic nitrogens is 5. The second-order valence-electron chi connectivity index (χ2n) is 3.24. The minimum Gasteiger partial charge on any atom is -0.280 e. The topological polar surface area (TPSA) is 58.9 Å². The van der Waals surface area contributed by atoms with Crippen LogP contribution in [-0.4, -0.2) is 24.8 Å². The molecule has 3 heterocycles. The molecule has 0 radical (unpaired) electrons. The number of nitrogens with one attached hydrogen (secondary N) is 1. The molecule has 5 nitrogen and oxygen atoms in total. The van der Waals surface area contributed by atoms with Gasteiger partial charge in [0.05, 0.1) is 0 Å². The monoisotopic (exact) mass is 229 g/mol. The van der Waals surface area contributed by atoms with E-state index in [-0.39, 0.29) is 0 Å². The van der Waals surface area contributed by atoms with Crippen molar-refractivity contribution in [2.24, 2.45) is 0 Å². The van der Waals surface area contributed by atoms with E-state index in [0.29, 0.717) is 16.1 Å². The molecule has 0 unspecified atom stereocenters. The van der Waals surface area contributed by atoms with Crippen molar-refractivity contribution < 1.29 is 0 Å². The normalized spacial score (nSPS) is 10.8. The Balaban J connectivity index is 2.33. The van der Waals surface area contributed by atoms with Gasteiger partial charge in [-0.25, -0.2) is 4.52 Å². The zero-order valence-electron chi connectivity index (χ0n) is 8.16. The van der Waals surface area contributed by atoms with Gasteiger partial charge in [0.1, 0.15) is 10.3 Å². The van der Waals surface area contributed by atoms with Crippen molar-refractivity contribution in [3.05, 3.63) is 41.2 Å². The molecule has 0 aromatic carbocycles. The summed E-state index contributed by atoms with van der Waals surface area (Å²) in [5.41, 5.74) is 1.47. The maximum Gasteiger partial charge on any atom is 0.201 e. The molecule has 6 heteroatoms. The van der Waals surface area contributed by atoms with Gasteiger partial charge in [-0.3, -0.25) is 10.1 Å². The van der Waals surface area contributed by atoms with Crippen LogP contribution in [-0.2, 0) is 0 Å². The Hall–Kier alpha value is -2.08. The second kappa shape index (κ2) is 3.49. The van der Waals surface area contributed by atoms with Crippen LogP contribution in [0.4, 0.5) is 0 Å². The summed E-state index contributed by atoms with van der Waals surface area (Å²) in [5.74, 6) is 0.655. The molecule has 0 saturated heterocycles. The highest BCUT2D eigenvalue weighted by Gasteiger charge is 2.07. The van der Waals surface area contributed by atoms with Crippen LogP contribution in [0, 0.1) is 4.64 Å². The summed E-state index contributed by atoms with van der Waals surface area (Å²) in [4.78, 5) is 4.22. The Labute approximate surface area is 95.8 Å². The van der Waals surface area contributed by atoms with Crippen molar-refractivity contribution in [1.29, 1.82) is 0 Å². The average molecular weight is 229 g/mol. The largest absolute Gasteiger partial charge is 0.280 e. The SMILES string of the molecule is S=c1ccc2nnc(-c3ccccn3)n2[nH]1. The van der Waals surface area contributed by atoms with Gasteiger partial charge in [-0.15, -0.1) is 10.2 Å². The van der Waals surface area contributed by atoms with Gasteiger partial charge in [-0.2, -0.15) is 0 Å². The lowest BCUT2D eigenvalue weighted by Crippen LogP contribution is -1.95. The second-order valence-corrected chi connectivity index (χ2v) is 3.68. The standard InChI is InChI=1S/C10H7N5S/c16-9-5-4-8-12-13-10(15(8)14-9)7-3-1-2-6-11-7/h1-6H,(H,14,16). The molecule has 3 aromatic rings.